The Bertz CT molecular complexity index is 1100. The van der Waals surface area contributed by atoms with E-state index in [1.165, 1.54) is 23.9 Å². The highest BCUT2D eigenvalue weighted by molar-refractivity contribution is 7.98. The van der Waals surface area contributed by atoms with Gasteiger partial charge in [0.2, 0.25) is 0 Å². The Labute approximate surface area is 196 Å². The van der Waals surface area contributed by atoms with Crippen LogP contribution in [0.2, 0.25) is 5.15 Å². The number of para-hydroxylation sites is 1. The molecule has 0 spiro atoms. The molecule has 1 fully saturated rings. The zero-order valence-electron chi connectivity index (χ0n) is 17.7. The standard InChI is InChI=1S/C24H24ClFN4OS/c1-16-9-11-30(12-10-16)22-14-21(25)28-24(29-22)32-15-17-5-4-6-18(13-17)23(31)27-20-8-3-2-7-19(20)26/h2-8,13-14,16H,9-12,15H2,1H3,(H,27,31). The van der Waals surface area contributed by atoms with Crippen molar-refractivity contribution >= 4 is 40.8 Å². The first kappa shape index (κ1) is 22.6. The van der Waals surface area contributed by atoms with E-state index in [1.54, 1.807) is 24.3 Å². The van der Waals surface area contributed by atoms with Crippen LogP contribution in [0.25, 0.3) is 0 Å². The zero-order valence-corrected chi connectivity index (χ0v) is 19.3. The fraction of sp³-hybridized carbons (Fsp3) is 0.292. The molecule has 32 heavy (non-hydrogen) atoms. The van der Waals surface area contributed by atoms with Crippen LogP contribution in [0.1, 0.15) is 35.7 Å². The van der Waals surface area contributed by atoms with Crippen molar-refractivity contribution in [1.29, 1.82) is 0 Å². The summed E-state index contributed by atoms with van der Waals surface area (Å²) in [6.07, 6.45) is 2.29. The minimum atomic E-state index is -0.468. The Morgan fingerprint density at radius 3 is 2.72 bits per heavy atom. The minimum Gasteiger partial charge on any atom is -0.356 e. The second-order valence-electron chi connectivity index (χ2n) is 7.92. The average Bonchev–Trinajstić information content (AvgIpc) is 2.79. The monoisotopic (exact) mass is 470 g/mol. The predicted molar refractivity (Wildman–Crippen MR) is 128 cm³/mol. The molecule has 1 amide bonds. The first-order valence-corrected chi connectivity index (χ1v) is 11.9. The number of nitrogens with one attached hydrogen (secondary N) is 1. The topological polar surface area (TPSA) is 58.1 Å². The molecular weight excluding hydrogens is 447 g/mol. The van der Waals surface area contributed by atoms with Gasteiger partial charge in [-0.25, -0.2) is 14.4 Å². The number of nitrogens with zero attached hydrogens (tertiary/aromatic N) is 3. The molecule has 1 aromatic heterocycles. The number of hydrogen-bond acceptors (Lipinski definition) is 5. The summed E-state index contributed by atoms with van der Waals surface area (Å²) in [6, 6.07) is 15.2. The first-order chi connectivity index (χ1) is 15.5. The molecule has 0 radical (unpaired) electrons. The Kier molecular flexibility index (Phi) is 7.27. The highest BCUT2D eigenvalue weighted by Gasteiger charge is 2.18. The number of hydrogen-bond donors (Lipinski definition) is 1. The maximum atomic E-state index is 13.8. The normalized spacial score (nSPS) is 14.4. The van der Waals surface area contributed by atoms with Gasteiger partial charge in [-0.05, 0) is 48.6 Å². The lowest BCUT2D eigenvalue weighted by Crippen LogP contribution is -2.33. The molecule has 4 rings (SSSR count). The van der Waals surface area contributed by atoms with Gasteiger partial charge in [-0.15, -0.1) is 0 Å². The lowest BCUT2D eigenvalue weighted by atomic mass is 9.99. The van der Waals surface area contributed by atoms with Gasteiger partial charge in [-0.2, -0.15) is 0 Å². The van der Waals surface area contributed by atoms with Gasteiger partial charge in [0.05, 0.1) is 5.69 Å². The zero-order chi connectivity index (χ0) is 22.5. The van der Waals surface area contributed by atoms with Crippen LogP contribution in [0.3, 0.4) is 0 Å². The molecule has 0 atom stereocenters. The van der Waals surface area contributed by atoms with E-state index in [1.807, 2.05) is 18.2 Å². The van der Waals surface area contributed by atoms with Crippen molar-refractivity contribution in [3.05, 3.63) is 76.7 Å². The molecule has 5 nitrogen and oxygen atoms in total. The fourth-order valence-electron chi connectivity index (χ4n) is 3.56. The lowest BCUT2D eigenvalue weighted by Gasteiger charge is -2.31. The van der Waals surface area contributed by atoms with Crippen molar-refractivity contribution in [3.63, 3.8) is 0 Å². The van der Waals surface area contributed by atoms with Crippen molar-refractivity contribution in [2.45, 2.75) is 30.7 Å². The molecule has 0 unspecified atom stereocenters. The van der Waals surface area contributed by atoms with Crippen LogP contribution in [0.15, 0.2) is 59.8 Å². The second-order valence-corrected chi connectivity index (χ2v) is 9.25. The lowest BCUT2D eigenvalue weighted by molar-refractivity contribution is 0.102. The van der Waals surface area contributed by atoms with Crippen molar-refractivity contribution in [2.75, 3.05) is 23.3 Å². The molecule has 3 aromatic rings. The first-order valence-electron chi connectivity index (χ1n) is 10.5. The van der Waals surface area contributed by atoms with Crippen molar-refractivity contribution < 1.29 is 9.18 Å². The van der Waals surface area contributed by atoms with E-state index in [0.29, 0.717) is 21.6 Å². The summed E-state index contributed by atoms with van der Waals surface area (Å²) in [5, 5.41) is 3.64. The van der Waals surface area contributed by atoms with Crippen LogP contribution in [0.5, 0.6) is 0 Å². The van der Waals surface area contributed by atoms with Gasteiger partial charge in [0.15, 0.2) is 5.16 Å². The van der Waals surface area contributed by atoms with Crippen LogP contribution >= 0.6 is 23.4 Å². The number of anilines is 2. The number of aromatic nitrogens is 2. The summed E-state index contributed by atoms with van der Waals surface area (Å²) in [5.74, 6) is 1.35. The fourth-order valence-corrected chi connectivity index (χ4v) is 4.58. The van der Waals surface area contributed by atoms with E-state index >= 15 is 0 Å². The average molecular weight is 471 g/mol. The van der Waals surface area contributed by atoms with Crippen LogP contribution in [0, 0.1) is 11.7 Å². The van der Waals surface area contributed by atoms with E-state index < -0.39 is 5.82 Å². The second kappa shape index (κ2) is 10.3. The Morgan fingerprint density at radius 1 is 1.16 bits per heavy atom. The van der Waals surface area contributed by atoms with E-state index in [4.69, 9.17) is 16.6 Å². The van der Waals surface area contributed by atoms with Gasteiger partial charge >= 0.3 is 0 Å². The number of benzene rings is 2. The number of rotatable bonds is 6. The molecule has 1 aliphatic rings. The van der Waals surface area contributed by atoms with Crippen LogP contribution in [-0.2, 0) is 5.75 Å². The predicted octanol–water partition coefficient (Wildman–Crippen LogP) is 6.05. The molecule has 166 valence electrons. The van der Waals surface area contributed by atoms with E-state index in [2.05, 4.69) is 22.1 Å². The highest BCUT2D eigenvalue weighted by atomic mass is 35.5. The molecule has 0 saturated carbocycles. The number of amides is 1. The third kappa shape index (κ3) is 5.78. The van der Waals surface area contributed by atoms with Gasteiger partial charge in [-0.1, -0.05) is 54.6 Å². The number of carbonyl (C=O) groups excluding carboxylic acids is 1. The van der Waals surface area contributed by atoms with Crippen LogP contribution in [0.4, 0.5) is 15.9 Å². The molecule has 2 aromatic carbocycles. The van der Waals surface area contributed by atoms with Gasteiger partial charge in [-0.3, -0.25) is 4.79 Å². The van der Waals surface area contributed by atoms with Gasteiger partial charge in [0, 0.05) is 30.5 Å². The van der Waals surface area contributed by atoms with Gasteiger partial charge in [0.25, 0.3) is 5.91 Å². The molecular formula is C24H24ClFN4OS. The molecule has 2 heterocycles. The van der Waals surface area contributed by atoms with Crippen molar-refractivity contribution in [3.8, 4) is 0 Å². The van der Waals surface area contributed by atoms with Gasteiger partial charge < -0.3 is 10.2 Å². The van der Waals surface area contributed by atoms with Crippen molar-refractivity contribution in [2.24, 2.45) is 5.92 Å². The molecule has 0 aliphatic carbocycles. The maximum Gasteiger partial charge on any atom is 0.255 e. The maximum absolute atomic E-state index is 13.8. The summed E-state index contributed by atoms with van der Waals surface area (Å²) in [6.45, 7) is 4.21. The molecule has 8 heteroatoms. The van der Waals surface area contributed by atoms with Crippen LogP contribution in [-0.4, -0.2) is 29.0 Å². The number of piperidine rings is 1. The number of carbonyl (C=O) groups is 1. The van der Waals surface area contributed by atoms with E-state index in [0.717, 1.165) is 43.2 Å². The Morgan fingerprint density at radius 2 is 1.94 bits per heavy atom. The summed E-state index contributed by atoms with van der Waals surface area (Å²) in [4.78, 5) is 23.8. The molecule has 1 saturated heterocycles. The van der Waals surface area contributed by atoms with Crippen molar-refractivity contribution in [1.82, 2.24) is 9.97 Å². The molecule has 1 N–H and O–H groups in total. The largest absolute Gasteiger partial charge is 0.356 e. The number of thioether (sulfide) groups is 1. The van der Waals surface area contributed by atoms with Crippen LogP contribution < -0.4 is 10.2 Å². The smallest absolute Gasteiger partial charge is 0.255 e. The molecule has 1 aliphatic heterocycles. The van der Waals surface area contributed by atoms with E-state index in [-0.39, 0.29) is 11.6 Å². The third-order valence-corrected chi connectivity index (χ3v) is 6.56. The summed E-state index contributed by atoms with van der Waals surface area (Å²) < 4.78 is 13.8. The Hall–Kier alpha value is -2.64. The molecule has 0 bridgehead atoms. The summed E-state index contributed by atoms with van der Waals surface area (Å²) >= 11 is 7.73. The Balaban J connectivity index is 1.42. The third-order valence-electron chi connectivity index (χ3n) is 5.45. The van der Waals surface area contributed by atoms with E-state index in [9.17, 15) is 9.18 Å². The SMILES string of the molecule is CC1CCN(c2cc(Cl)nc(SCc3cccc(C(=O)Nc4ccccc4F)c3)n2)CC1. The summed E-state index contributed by atoms with van der Waals surface area (Å²) in [5.41, 5.74) is 1.55. The highest BCUT2D eigenvalue weighted by Crippen LogP contribution is 2.27. The minimum absolute atomic E-state index is 0.157. The summed E-state index contributed by atoms with van der Waals surface area (Å²) in [7, 11) is 0. The van der Waals surface area contributed by atoms with Gasteiger partial charge in [0.1, 0.15) is 16.8 Å². The number of halogens is 2. The quantitative estimate of drug-likeness (QED) is 0.270.